The van der Waals surface area contributed by atoms with Crippen molar-refractivity contribution in [3.8, 4) is 11.3 Å². The van der Waals surface area contributed by atoms with Gasteiger partial charge in [-0.1, -0.05) is 6.07 Å². The molecule has 2 N–H and O–H groups in total. The summed E-state index contributed by atoms with van der Waals surface area (Å²) in [5.74, 6) is 0.881. The molecule has 0 fully saturated rings. The lowest BCUT2D eigenvalue weighted by Crippen LogP contribution is -2.21. The zero-order valence-electron chi connectivity index (χ0n) is 16.4. The van der Waals surface area contributed by atoms with Gasteiger partial charge in [-0.25, -0.2) is 4.98 Å². The van der Waals surface area contributed by atoms with E-state index >= 15 is 0 Å². The van der Waals surface area contributed by atoms with Crippen molar-refractivity contribution in [1.29, 1.82) is 0 Å². The molecule has 3 aromatic rings. The standard InChI is InChI=1S/C20H21F3N6S/c1-29(2)10-9-25-19-27-17(14-5-4-8-24-13-14)12-18(28-19)26-15-6-3-7-16(11-15)30-20(21,22)23/h3-8,11-13H,9-10H2,1-2H3,(H2,25,26,27,28). The molecule has 0 spiro atoms. The highest BCUT2D eigenvalue weighted by Crippen LogP contribution is 2.37. The third kappa shape index (κ3) is 6.89. The van der Waals surface area contributed by atoms with Crippen molar-refractivity contribution in [2.45, 2.75) is 10.4 Å². The van der Waals surface area contributed by atoms with E-state index in [0.29, 0.717) is 29.7 Å². The van der Waals surface area contributed by atoms with Gasteiger partial charge in [0.05, 0.1) is 5.69 Å². The molecule has 30 heavy (non-hydrogen) atoms. The monoisotopic (exact) mass is 434 g/mol. The molecule has 0 atom stereocenters. The SMILES string of the molecule is CN(C)CCNc1nc(Nc2cccc(SC(F)(F)F)c2)cc(-c2cccnc2)n1. The number of thioether (sulfide) groups is 1. The highest BCUT2D eigenvalue weighted by Gasteiger charge is 2.29. The van der Waals surface area contributed by atoms with Gasteiger partial charge in [0, 0.05) is 47.7 Å². The Hall–Kier alpha value is -2.85. The second-order valence-corrected chi connectivity index (χ2v) is 7.77. The van der Waals surface area contributed by atoms with Crippen molar-refractivity contribution in [3.63, 3.8) is 0 Å². The van der Waals surface area contributed by atoms with E-state index in [2.05, 4.69) is 25.6 Å². The fourth-order valence-corrected chi connectivity index (χ4v) is 3.16. The maximum Gasteiger partial charge on any atom is 0.446 e. The van der Waals surface area contributed by atoms with E-state index in [9.17, 15) is 13.2 Å². The van der Waals surface area contributed by atoms with Crippen LogP contribution >= 0.6 is 11.8 Å². The number of hydrogen-bond donors (Lipinski definition) is 2. The van der Waals surface area contributed by atoms with Gasteiger partial charge in [-0.3, -0.25) is 4.98 Å². The predicted octanol–water partition coefficient (Wildman–Crippen LogP) is 4.87. The molecule has 3 rings (SSSR count). The van der Waals surface area contributed by atoms with Gasteiger partial charge >= 0.3 is 5.51 Å². The van der Waals surface area contributed by atoms with Gasteiger partial charge in [-0.05, 0) is 56.2 Å². The van der Waals surface area contributed by atoms with Crippen LogP contribution in [0.15, 0.2) is 59.8 Å². The average Bonchev–Trinajstić information content (AvgIpc) is 2.67. The number of nitrogens with one attached hydrogen (secondary N) is 2. The lowest BCUT2D eigenvalue weighted by Gasteiger charge is -2.14. The fourth-order valence-electron chi connectivity index (χ4n) is 2.56. The summed E-state index contributed by atoms with van der Waals surface area (Å²) < 4.78 is 38.0. The van der Waals surface area contributed by atoms with Crippen LogP contribution in [0.4, 0.5) is 30.6 Å². The number of nitrogens with zero attached hydrogens (tertiary/aromatic N) is 4. The first-order chi connectivity index (χ1) is 14.3. The van der Waals surface area contributed by atoms with Crippen LogP contribution < -0.4 is 10.6 Å². The molecule has 0 bridgehead atoms. The highest BCUT2D eigenvalue weighted by atomic mass is 32.2. The lowest BCUT2D eigenvalue weighted by atomic mass is 10.2. The summed E-state index contributed by atoms with van der Waals surface area (Å²) in [7, 11) is 3.93. The smallest absolute Gasteiger partial charge is 0.353 e. The first-order valence-corrected chi connectivity index (χ1v) is 9.91. The molecule has 0 aliphatic heterocycles. The van der Waals surface area contributed by atoms with Crippen molar-refractivity contribution in [2.75, 3.05) is 37.8 Å². The van der Waals surface area contributed by atoms with Gasteiger partial charge in [0.15, 0.2) is 0 Å². The van der Waals surface area contributed by atoms with E-state index in [1.807, 2.05) is 31.1 Å². The molecule has 0 saturated heterocycles. The molecule has 0 unspecified atom stereocenters. The highest BCUT2D eigenvalue weighted by molar-refractivity contribution is 8.00. The number of aromatic nitrogens is 3. The van der Waals surface area contributed by atoms with Gasteiger partial charge in [-0.15, -0.1) is 0 Å². The van der Waals surface area contributed by atoms with Crippen LogP contribution in [-0.2, 0) is 0 Å². The summed E-state index contributed by atoms with van der Waals surface area (Å²) in [6.45, 7) is 1.43. The van der Waals surface area contributed by atoms with Crippen molar-refractivity contribution >= 4 is 29.2 Å². The topological polar surface area (TPSA) is 66.0 Å². The Bertz CT molecular complexity index is 966. The predicted molar refractivity (Wildman–Crippen MR) is 114 cm³/mol. The third-order valence-electron chi connectivity index (χ3n) is 3.87. The van der Waals surface area contributed by atoms with Crippen LogP contribution in [0.5, 0.6) is 0 Å². The normalized spacial score (nSPS) is 11.5. The maximum atomic E-state index is 12.7. The Morgan fingerprint density at radius 2 is 1.90 bits per heavy atom. The van der Waals surface area contributed by atoms with Crippen molar-refractivity contribution in [2.24, 2.45) is 0 Å². The minimum absolute atomic E-state index is 0.0957. The molecular weight excluding hydrogens is 413 g/mol. The van der Waals surface area contributed by atoms with Crippen LogP contribution in [0, 0.1) is 0 Å². The Morgan fingerprint density at radius 1 is 1.07 bits per heavy atom. The summed E-state index contributed by atoms with van der Waals surface area (Å²) in [5, 5.41) is 6.25. The first kappa shape index (κ1) is 21.8. The summed E-state index contributed by atoms with van der Waals surface area (Å²) in [5.41, 5.74) is -2.39. The number of hydrogen-bond acceptors (Lipinski definition) is 7. The van der Waals surface area contributed by atoms with Crippen LogP contribution in [0.3, 0.4) is 0 Å². The zero-order chi connectivity index (χ0) is 21.6. The molecule has 0 amide bonds. The molecule has 0 saturated carbocycles. The summed E-state index contributed by atoms with van der Waals surface area (Å²) in [4.78, 5) is 15.2. The third-order valence-corrected chi connectivity index (χ3v) is 4.59. The van der Waals surface area contributed by atoms with Gasteiger partial charge in [0.25, 0.3) is 0 Å². The number of rotatable bonds is 8. The van der Waals surface area contributed by atoms with Gasteiger partial charge in [-0.2, -0.15) is 18.2 Å². The summed E-state index contributed by atoms with van der Waals surface area (Å²) >= 11 is -0.156. The molecular formula is C20H21F3N6S. The number of likely N-dealkylation sites (N-methyl/N-ethyl adjacent to an activating group) is 1. The second kappa shape index (κ2) is 9.77. The number of anilines is 3. The Morgan fingerprint density at radius 3 is 2.60 bits per heavy atom. The molecule has 0 aliphatic rings. The quantitative estimate of drug-likeness (QED) is 0.491. The second-order valence-electron chi connectivity index (χ2n) is 6.63. The first-order valence-electron chi connectivity index (χ1n) is 9.09. The molecule has 1 aromatic carbocycles. The van der Waals surface area contributed by atoms with Crippen molar-refractivity contribution in [1.82, 2.24) is 19.9 Å². The summed E-state index contributed by atoms with van der Waals surface area (Å²) in [6.07, 6.45) is 3.36. The Balaban J connectivity index is 1.86. The maximum absolute atomic E-state index is 12.7. The van der Waals surface area contributed by atoms with Gasteiger partial charge in [0.2, 0.25) is 5.95 Å². The molecule has 10 heteroatoms. The van der Waals surface area contributed by atoms with E-state index in [1.165, 1.54) is 12.1 Å². The molecule has 2 heterocycles. The Labute approximate surface area is 177 Å². The van der Waals surface area contributed by atoms with Crippen molar-refractivity contribution < 1.29 is 13.2 Å². The van der Waals surface area contributed by atoms with Gasteiger partial charge in [0.1, 0.15) is 5.82 Å². The molecule has 2 aromatic heterocycles. The van der Waals surface area contributed by atoms with Crippen molar-refractivity contribution in [3.05, 3.63) is 54.9 Å². The minimum Gasteiger partial charge on any atom is -0.353 e. The van der Waals surface area contributed by atoms with E-state index in [-0.39, 0.29) is 16.7 Å². The van der Waals surface area contributed by atoms with E-state index in [4.69, 9.17) is 0 Å². The molecule has 0 radical (unpaired) electrons. The van der Waals surface area contributed by atoms with Crippen LogP contribution in [-0.4, -0.2) is 52.5 Å². The lowest BCUT2D eigenvalue weighted by molar-refractivity contribution is -0.0328. The summed E-state index contributed by atoms with van der Waals surface area (Å²) in [6, 6.07) is 11.5. The number of halogens is 3. The fraction of sp³-hybridized carbons (Fsp3) is 0.250. The van der Waals surface area contributed by atoms with Crippen LogP contribution in [0.2, 0.25) is 0 Å². The molecule has 158 valence electrons. The van der Waals surface area contributed by atoms with E-state index < -0.39 is 5.51 Å². The van der Waals surface area contributed by atoms with Gasteiger partial charge < -0.3 is 15.5 Å². The van der Waals surface area contributed by atoms with E-state index in [0.717, 1.165) is 12.1 Å². The largest absolute Gasteiger partial charge is 0.446 e. The van der Waals surface area contributed by atoms with Crippen LogP contribution in [0.25, 0.3) is 11.3 Å². The molecule has 0 aliphatic carbocycles. The number of pyridine rings is 1. The Kier molecular flexibility index (Phi) is 7.11. The minimum atomic E-state index is -4.34. The average molecular weight is 434 g/mol. The van der Waals surface area contributed by atoms with Crippen LogP contribution in [0.1, 0.15) is 0 Å². The molecule has 6 nitrogen and oxygen atoms in total. The zero-order valence-corrected chi connectivity index (χ0v) is 17.3. The van der Waals surface area contributed by atoms with E-state index in [1.54, 1.807) is 30.6 Å². The number of benzene rings is 1. The number of alkyl halides is 3.